The minimum atomic E-state index is -0.405. The highest BCUT2D eigenvalue weighted by molar-refractivity contribution is 5.89. The van der Waals surface area contributed by atoms with Crippen molar-refractivity contribution in [1.82, 2.24) is 10.2 Å². The first-order valence-electron chi connectivity index (χ1n) is 50.5. The molecule has 1 N–H and O–H groups in total. The number of benzene rings is 6. The van der Waals surface area contributed by atoms with Crippen LogP contribution in [0.15, 0.2) is 170 Å². The average Bonchev–Trinajstić information content (AvgIpc) is 1.13. The Balaban J connectivity index is 0.000000276. The third-order valence-corrected chi connectivity index (χ3v) is 24.1. The third-order valence-electron chi connectivity index (χ3n) is 24.1. The molecule has 3 aliphatic rings. The van der Waals surface area contributed by atoms with Crippen molar-refractivity contribution in [2.45, 2.75) is 286 Å². The van der Waals surface area contributed by atoms with Gasteiger partial charge in [-0.05, 0) is 253 Å². The number of halogens is 1. The van der Waals surface area contributed by atoms with Gasteiger partial charge in [0, 0.05) is 78.1 Å². The normalized spacial score (nSPS) is 13.5. The molecule has 0 radical (unpaired) electrons. The fourth-order valence-corrected chi connectivity index (χ4v) is 16.0. The van der Waals surface area contributed by atoms with E-state index in [0.29, 0.717) is 136 Å². The fraction of sp³-hybridized carbons (Fsp3) is 0.553. The van der Waals surface area contributed by atoms with E-state index >= 15 is 4.39 Å². The van der Waals surface area contributed by atoms with Crippen molar-refractivity contribution in [1.29, 1.82) is 0 Å². The molecule has 1 atom stereocenters. The number of esters is 5. The zero-order valence-electron chi connectivity index (χ0n) is 83.2. The molecule has 9 rings (SSSR count). The van der Waals surface area contributed by atoms with Crippen molar-refractivity contribution in [2.75, 3.05) is 119 Å². The standard InChI is InChI=1S/C40H57NO6.C38H52O7.C36H52FNO5/c1-6-7-8-9-10-11-12-15-25-44-37-18-16-33(29-35(37)20-26-46-39(42)31(2)3)34-17-19-38(45-28-24-41-22-13-14-23-41)36(30-34)21-27-47-40(43)32(4)5;1-6-7-8-9-10-11-12-13-21-42-35-16-14-30(25-32(35)18-23-43-37(39)28(2)3)31-15-17-36(45-34-20-22-41-27-34)33(26-31)19-24-44-38(40)29(4)5;1-4-5-6-7-8-9-10-11-22-41-32-15-16-33(34(37)25-32)30-14-17-35(43-27-40-26-29-18-20-38-21-19-29)31(24-30)13-12-23-42-36(39)28(2)3/h16-19,29-30H,2,4,6-15,20-28H2,1,3,5H3;14-17,25-26,34H,2,4,6-13,18-24,27H2,1,3,5H3;14-17,24-25,29,38H,2,4-13,18-23,26-27H2,1,3H3. The molecule has 1 unspecified atom stereocenters. The molecule has 742 valence electrons. The second kappa shape index (κ2) is 66.4. The van der Waals surface area contributed by atoms with Crippen LogP contribution in [0.1, 0.15) is 276 Å². The summed E-state index contributed by atoms with van der Waals surface area (Å²) in [4.78, 5) is 62.3. The number of likely N-dealkylation sites (tertiary alicyclic amines) is 1. The van der Waals surface area contributed by atoms with Crippen LogP contribution in [0.3, 0.4) is 0 Å². The summed E-state index contributed by atoms with van der Waals surface area (Å²) in [5.41, 5.74) is 12.0. The molecule has 0 aromatic heterocycles. The minimum Gasteiger partial charge on any atom is -0.493 e. The highest BCUT2D eigenvalue weighted by Crippen LogP contribution is 2.37. The van der Waals surface area contributed by atoms with Gasteiger partial charge in [-0.25, -0.2) is 28.4 Å². The minimum absolute atomic E-state index is 0.00132. The zero-order chi connectivity index (χ0) is 97.0. The number of unbranched alkanes of at least 4 members (excludes halogenated alkanes) is 21. The summed E-state index contributed by atoms with van der Waals surface area (Å²) in [5.74, 6) is 2.66. The molecule has 6 aromatic carbocycles. The Kier molecular flexibility index (Phi) is 55.1. The molecule has 3 saturated heterocycles. The molecule has 0 aliphatic carbocycles. The summed E-state index contributed by atoms with van der Waals surface area (Å²) >= 11 is 0. The van der Waals surface area contributed by atoms with Crippen molar-refractivity contribution in [2.24, 2.45) is 5.92 Å². The van der Waals surface area contributed by atoms with E-state index in [2.05, 4.69) is 106 Å². The van der Waals surface area contributed by atoms with Crippen molar-refractivity contribution in [3.63, 3.8) is 0 Å². The van der Waals surface area contributed by atoms with Crippen LogP contribution < -0.4 is 33.7 Å². The Labute approximate surface area is 807 Å². The molecule has 0 saturated carbocycles. The number of piperidine rings is 1. The predicted octanol–water partition coefficient (Wildman–Crippen LogP) is 25.5. The van der Waals surface area contributed by atoms with Gasteiger partial charge in [-0.15, -0.1) is 0 Å². The van der Waals surface area contributed by atoms with E-state index in [0.717, 1.165) is 169 Å². The molecule has 20 nitrogen and oxygen atoms in total. The van der Waals surface area contributed by atoms with Gasteiger partial charge < -0.3 is 66.9 Å². The summed E-state index contributed by atoms with van der Waals surface area (Å²) < 4.78 is 90.4. The van der Waals surface area contributed by atoms with Crippen molar-refractivity contribution >= 4 is 29.8 Å². The van der Waals surface area contributed by atoms with E-state index in [-0.39, 0.29) is 57.7 Å². The Morgan fingerprint density at radius 3 is 1.13 bits per heavy atom. The molecule has 21 heteroatoms. The lowest BCUT2D eigenvalue weighted by Gasteiger charge is -2.22. The summed E-state index contributed by atoms with van der Waals surface area (Å²) in [7, 11) is 0. The first-order valence-corrected chi connectivity index (χ1v) is 50.5. The van der Waals surface area contributed by atoms with Crippen LogP contribution >= 0.6 is 0 Å². The maximum absolute atomic E-state index is 15.2. The van der Waals surface area contributed by atoms with Crippen LogP contribution in [-0.4, -0.2) is 160 Å². The number of nitrogens with one attached hydrogen (secondary N) is 1. The zero-order valence-corrected chi connectivity index (χ0v) is 83.2. The number of hydrogen-bond donors (Lipinski definition) is 1. The first-order chi connectivity index (χ1) is 65.5. The van der Waals surface area contributed by atoms with Gasteiger partial charge in [0.25, 0.3) is 0 Å². The molecule has 0 spiro atoms. The number of carbonyl (C=O) groups is 5. The van der Waals surface area contributed by atoms with Gasteiger partial charge in [0.1, 0.15) is 53.0 Å². The SMILES string of the molecule is C=C(C)C(=O)OCCCc1cc(-c2ccc(OCCCCCCCCCC)cc2F)ccc1OCOCC1CCNCC1.C=C(C)C(=O)OCCc1cc(-c2ccc(OC3CCOC3)c(CCOC(=O)C(=C)C)c2)ccc1OCCCCCCCCCC.C=C(C)C(=O)OCCc1cc(-c2ccc(OCCN3CCCC3)c(CCOC(=O)C(=C)C)c2)ccc1OCCCCCCCCCC. The second-order valence-corrected chi connectivity index (χ2v) is 36.2. The van der Waals surface area contributed by atoms with Gasteiger partial charge in [0.15, 0.2) is 6.79 Å². The van der Waals surface area contributed by atoms with Gasteiger partial charge >= 0.3 is 29.8 Å². The summed E-state index contributed by atoms with van der Waals surface area (Å²) in [6.45, 7) is 44.2. The van der Waals surface area contributed by atoms with Crippen molar-refractivity contribution in [3.05, 3.63) is 204 Å². The fourth-order valence-electron chi connectivity index (χ4n) is 16.0. The Hall–Kier alpha value is -10.1. The second-order valence-electron chi connectivity index (χ2n) is 36.2. The number of ether oxygens (including phenoxy) is 13. The number of nitrogens with zero attached hydrogens (tertiary/aromatic N) is 1. The maximum Gasteiger partial charge on any atom is 0.333 e. The Bertz CT molecular complexity index is 4570. The number of hydrogen-bond acceptors (Lipinski definition) is 20. The van der Waals surface area contributed by atoms with Gasteiger partial charge in [-0.3, -0.25) is 4.90 Å². The smallest absolute Gasteiger partial charge is 0.333 e. The average molecular weight is 1870 g/mol. The van der Waals surface area contributed by atoms with Crippen LogP contribution in [0.5, 0.6) is 34.5 Å². The van der Waals surface area contributed by atoms with Crippen LogP contribution in [0.2, 0.25) is 0 Å². The van der Waals surface area contributed by atoms with Gasteiger partial charge in [-0.2, -0.15) is 0 Å². The van der Waals surface area contributed by atoms with E-state index in [4.69, 9.17) is 61.6 Å². The first kappa shape index (κ1) is 112. The predicted molar refractivity (Wildman–Crippen MR) is 540 cm³/mol. The van der Waals surface area contributed by atoms with Crippen LogP contribution in [0, 0.1) is 11.7 Å². The lowest BCUT2D eigenvalue weighted by atomic mass is 9.98. The highest BCUT2D eigenvalue weighted by Gasteiger charge is 2.23. The monoisotopic (exact) mass is 1870 g/mol. The maximum atomic E-state index is 15.2. The lowest BCUT2D eigenvalue weighted by Crippen LogP contribution is -2.30. The summed E-state index contributed by atoms with van der Waals surface area (Å²) in [6.07, 6.45) is 38.5. The number of rotatable bonds is 65. The van der Waals surface area contributed by atoms with Crippen LogP contribution in [-0.2, 0) is 89.2 Å². The van der Waals surface area contributed by atoms with Gasteiger partial charge in [0.05, 0.1) is 72.7 Å². The number of carbonyl (C=O) groups excluding carboxylic acids is 5. The van der Waals surface area contributed by atoms with E-state index in [1.807, 2.05) is 54.6 Å². The van der Waals surface area contributed by atoms with Gasteiger partial charge in [-0.1, -0.05) is 219 Å². The molecule has 3 fully saturated rings. The molecule has 3 heterocycles. The molecule has 135 heavy (non-hydrogen) atoms. The number of aryl methyl sites for hydroxylation is 1. The Morgan fingerprint density at radius 2 is 0.733 bits per heavy atom. The van der Waals surface area contributed by atoms with Crippen LogP contribution in [0.25, 0.3) is 33.4 Å². The van der Waals surface area contributed by atoms with E-state index in [1.54, 1.807) is 40.7 Å². The largest absolute Gasteiger partial charge is 0.493 e. The lowest BCUT2D eigenvalue weighted by molar-refractivity contribution is -0.139. The van der Waals surface area contributed by atoms with Crippen molar-refractivity contribution in [3.8, 4) is 67.9 Å². The van der Waals surface area contributed by atoms with Crippen LogP contribution in [0.4, 0.5) is 4.39 Å². The topological polar surface area (TPSA) is 221 Å². The third kappa shape index (κ3) is 44.7. The quantitative estimate of drug-likeness (QED) is 0.0123. The Morgan fingerprint density at radius 1 is 0.378 bits per heavy atom. The molecule has 0 bridgehead atoms. The van der Waals surface area contributed by atoms with Crippen molar-refractivity contribution < 1.29 is 89.9 Å². The molecule has 6 aromatic rings. The molecular formula is C114H161FN2O18. The van der Waals surface area contributed by atoms with E-state index < -0.39 is 23.9 Å². The van der Waals surface area contributed by atoms with E-state index in [1.165, 1.54) is 134 Å². The highest BCUT2D eigenvalue weighted by atomic mass is 19.1. The van der Waals surface area contributed by atoms with E-state index in [9.17, 15) is 24.0 Å². The molecule has 0 amide bonds. The molecular weight excluding hydrogens is 1700 g/mol. The summed E-state index contributed by atoms with van der Waals surface area (Å²) in [6, 6.07) is 35.4. The summed E-state index contributed by atoms with van der Waals surface area (Å²) in [5, 5.41) is 3.37. The van der Waals surface area contributed by atoms with Gasteiger partial charge in [0.2, 0.25) is 0 Å². The molecule has 3 aliphatic heterocycles.